The molecule has 0 spiro atoms. The van der Waals surface area contributed by atoms with Crippen LogP contribution in [0.3, 0.4) is 0 Å². The minimum atomic E-state index is -1.47. The third-order valence-corrected chi connectivity index (χ3v) is 2.28. The smallest absolute Gasteiger partial charge is 0.372 e. The Labute approximate surface area is 97.0 Å². The molecule has 0 aliphatic heterocycles. The van der Waals surface area contributed by atoms with Gasteiger partial charge in [-0.3, -0.25) is 14.9 Å². The molecule has 1 aromatic rings. The zero-order valence-electron chi connectivity index (χ0n) is 8.96. The van der Waals surface area contributed by atoms with Gasteiger partial charge in [-0.05, 0) is 12.8 Å². The first-order valence-corrected chi connectivity index (χ1v) is 5.01. The average Bonchev–Trinajstić information content (AvgIpc) is 2.29. The number of carboxylic acid groups (broad SMARTS) is 1. The molecule has 0 amide bonds. The van der Waals surface area contributed by atoms with Crippen LogP contribution in [0, 0.1) is 10.1 Å². The number of benzene rings is 1. The molecule has 17 heavy (non-hydrogen) atoms. The fraction of sp³-hybridized carbons (Fsp3) is 0.273. The Kier molecular flexibility index (Phi) is 4.33. The molecular weight excluding hydrogens is 226 g/mol. The molecule has 0 radical (unpaired) electrons. The van der Waals surface area contributed by atoms with Crippen molar-refractivity contribution in [1.82, 2.24) is 0 Å². The molecule has 0 aliphatic carbocycles. The molecule has 0 fully saturated rings. The monoisotopic (exact) mass is 237 g/mol. The molecular formula is C11H11NO5. The molecule has 6 nitrogen and oxygen atoms in total. The number of carbonyl (C=O) groups is 2. The van der Waals surface area contributed by atoms with Crippen LogP contribution in [0.25, 0.3) is 0 Å². The van der Waals surface area contributed by atoms with E-state index >= 15 is 0 Å². The molecule has 0 atom stereocenters. The SMILES string of the molecule is O=C(O)C(=O)CCCc1ccccc1[N+](=O)[O-]. The summed E-state index contributed by atoms with van der Waals surface area (Å²) in [5, 5.41) is 19.0. The van der Waals surface area contributed by atoms with Gasteiger partial charge in [-0.15, -0.1) is 0 Å². The number of nitrogens with zero attached hydrogens (tertiary/aromatic N) is 1. The predicted octanol–water partition coefficient (Wildman–Crippen LogP) is 1.57. The third kappa shape index (κ3) is 3.67. The van der Waals surface area contributed by atoms with Gasteiger partial charge in [0.1, 0.15) is 0 Å². The highest BCUT2D eigenvalue weighted by Gasteiger charge is 2.14. The van der Waals surface area contributed by atoms with Crippen LogP contribution in [-0.2, 0) is 16.0 Å². The highest BCUT2D eigenvalue weighted by Crippen LogP contribution is 2.19. The van der Waals surface area contributed by atoms with Crippen molar-refractivity contribution < 1.29 is 19.6 Å². The fourth-order valence-corrected chi connectivity index (χ4v) is 1.45. The Morgan fingerprint density at radius 3 is 2.53 bits per heavy atom. The summed E-state index contributed by atoms with van der Waals surface area (Å²) >= 11 is 0. The number of nitro benzene ring substituents is 1. The highest BCUT2D eigenvalue weighted by molar-refractivity contribution is 6.32. The Bertz CT molecular complexity index is 455. The van der Waals surface area contributed by atoms with Crippen LogP contribution in [-0.4, -0.2) is 21.8 Å². The van der Waals surface area contributed by atoms with Gasteiger partial charge in [-0.1, -0.05) is 18.2 Å². The number of para-hydroxylation sites is 1. The van der Waals surface area contributed by atoms with Gasteiger partial charge in [-0.25, -0.2) is 4.79 Å². The number of carbonyl (C=O) groups excluding carboxylic acids is 1. The minimum absolute atomic E-state index is 0.00438. The number of aliphatic carboxylic acids is 1. The predicted molar refractivity (Wildman–Crippen MR) is 58.7 cm³/mol. The molecule has 6 heteroatoms. The maximum absolute atomic E-state index is 10.8. The average molecular weight is 237 g/mol. The second-order valence-electron chi connectivity index (χ2n) is 3.47. The summed E-state index contributed by atoms with van der Waals surface area (Å²) in [7, 11) is 0. The van der Waals surface area contributed by atoms with Crippen molar-refractivity contribution in [1.29, 1.82) is 0 Å². The van der Waals surface area contributed by atoms with Crippen LogP contribution in [0.15, 0.2) is 24.3 Å². The summed E-state index contributed by atoms with van der Waals surface area (Å²) in [5.41, 5.74) is 0.506. The van der Waals surface area contributed by atoms with Crippen molar-refractivity contribution in [2.24, 2.45) is 0 Å². The quantitative estimate of drug-likeness (QED) is 0.460. The van der Waals surface area contributed by atoms with Crippen LogP contribution in [0.2, 0.25) is 0 Å². The van der Waals surface area contributed by atoms with Gasteiger partial charge in [0.25, 0.3) is 5.69 Å². The number of rotatable bonds is 6. The molecule has 0 bridgehead atoms. The zero-order valence-corrected chi connectivity index (χ0v) is 8.96. The van der Waals surface area contributed by atoms with Crippen LogP contribution >= 0.6 is 0 Å². The number of ketones is 1. The van der Waals surface area contributed by atoms with Gasteiger partial charge in [0, 0.05) is 18.1 Å². The van der Waals surface area contributed by atoms with Crippen LogP contribution in [0.4, 0.5) is 5.69 Å². The second-order valence-corrected chi connectivity index (χ2v) is 3.47. The van der Waals surface area contributed by atoms with E-state index in [-0.39, 0.29) is 18.5 Å². The van der Waals surface area contributed by atoms with Crippen molar-refractivity contribution in [2.75, 3.05) is 0 Å². The summed E-state index contributed by atoms with van der Waals surface area (Å²) in [6.45, 7) is 0. The highest BCUT2D eigenvalue weighted by atomic mass is 16.6. The Balaban J connectivity index is 2.61. The summed E-state index contributed by atoms with van der Waals surface area (Å²) in [6, 6.07) is 6.21. The number of Topliss-reactive ketones (excluding diaryl/α,β-unsaturated/α-hetero) is 1. The van der Waals surface area contributed by atoms with Crippen LogP contribution in [0.1, 0.15) is 18.4 Å². The van der Waals surface area contributed by atoms with Gasteiger partial charge in [0.05, 0.1) is 4.92 Å². The topological polar surface area (TPSA) is 97.5 Å². The molecule has 0 aliphatic rings. The standard InChI is InChI=1S/C11H11NO5/c13-10(11(14)15)7-3-5-8-4-1-2-6-9(8)12(16)17/h1-2,4,6H,3,5,7H2,(H,14,15). The van der Waals surface area contributed by atoms with E-state index in [9.17, 15) is 19.7 Å². The summed E-state index contributed by atoms with van der Waals surface area (Å²) in [5.74, 6) is -2.34. The van der Waals surface area contributed by atoms with Crippen molar-refractivity contribution in [2.45, 2.75) is 19.3 Å². The molecule has 0 aromatic heterocycles. The van der Waals surface area contributed by atoms with Crippen molar-refractivity contribution >= 4 is 17.4 Å². The van der Waals surface area contributed by atoms with E-state index in [2.05, 4.69) is 0 Å². The lowest BCUT2D eigenvalue weighted by Crippen LogP contribution is -2.12. The second kappa shape index (κ2) is 5.74. The molecule has 1 N–H and O–H groups in total. The Morgan fingerprint density at radius 2 is 1.94 bits per heavy atom. The lowest BCUT2D eigenvalue weighted by atomic mass is 10.0. The van der Waals surface area contributed by atoms with Crippen LogP contribution < -0.4 is 0 Å². The Morgan fingerprint density at radius 1 is 1.29 bits per heavy atom. The van der Waals surface area contributed by atoms with Gasteiger partial charge in [0.2, 0.25) is 5.78 Å². The van der Waals surface area contributed by atoms with E-state index in [1.165, 1.54) is 6.07 Å². The summed E-state index contributed by atoms with van der Waals surface area (Å²) < 4.78 is 0. The summed E-state index contributed by atoms with van der Waals surface area (Å²) in [4.78, 5) is 31.3. The van der Waals surface area contributed by atoms with Gasteiger partial charge < -0.3 is 5.11 Å². The maximum Gasteiger partial charge on any atom is 0.372 e. The largest absolute Gasteiger partial charge is 0.476 e. The molecule has 0 saturated heterocycles. The molecule has 1 rings (SSSR count). The molecule has 90 valence electrons. The van der Waals surface area contributed by atoms with Gasteiger partial charge >= 0.3 is 5.97 Å². The molecule has 1 aromatic carbocycles. The minimum Gasteiger partial charge on any atom is -0.476 e. The number of nitro groups is 1. The van der Waals surface area contributed by atoms with E-state index in [0.717, 1.165) is 0 Å². The fourth-order valence-electron chi connectivity index (χ4n) is 1.45. The van der Waals surface area contributed by atoms with E-state index in [1.54, 1.807) is 18.2 Å². The van der Waals surface area contributed by atoms with E-state index in [0.29, 0.717) is 12.0 Å². The zero-order chi connectivity index (χ0) is 12.8. The summed E-state index contributed by atoms with van der Waals surface area (Å²) in [6.07, 6.45) is 0.494. The third-order valence-electron chi connectivity index (χ3n) is 2.28. The first-order valence-electron chi connectivity index (χ1n) is 5.01. The first-order chi connectivity index (χ1) is 8.02. The van der Waals surface area contributed by atoms with E-state index in [4.69, 9.17) is 5.11 Å². The van der Waals surface area contributed by atoms with Gasteiger partial charge in [-0.2, -0.15) is 0 Å². The maximum atomic E-state index is 10.8. The number of hydrogen-bond donors (Lipinski definition) is 1. The van der Waals surface area contributed by atoms with Crippen LogP contribution in [0.5, 0.6) is 0 Å². The Hall–Kier alpha value is -2.24. The lowest BCUT2D eigenvalue weighted by Gasteiger charge is -2.01. The van der Waals surface area contributed by atoms with Crippen molar-refractivity contribution in [3.63, 3.8) is 0 Å². The normalized spacial score (nSPS) is 9.88. The van der Waals surface area contributed by atoms with Crippen molar-refractivity contribution in [3.8, 4) is 0 Å². The van der Waals surface area contributed by atoms with E-state index < -0.39 is 16.7 Å². The molecule has 0 saturated carbocycles. The van der Waals surface area contributed by atoms with E-state index in [1.807, 2.05) is 0 Å². The molecule has 0 unspecified atom stereocenters. The number of aryl methyl sites for hydroxylation is 1. The van der Waals surface area contributed by atoms with Gasteiger partial charge in [0.15, 0.2) is 0 Å². The lowest BCUT2D eigenvalue weighted by molar-refractivity contribution is -0.385. The number of hydrogen-bond acceptors (Lipinski definition) is 4. The molecule has 0 heterocycles. The first kappa shape index (κ1) is 12.8. The number of carboxylic acids is 1. The van der Waals surface area contributed by atoms with Crippen molar-refractivity contribution in [3.05, 3.63) is 39.9 Å².